The number of hydrogen-bond acceptors (Lipinski definition) is 5. The molecule has 0 saturated carbocycles. The van der Waals surface area contributed by atoms with Gasteiger partial charge in [-0.05, 0) is 42.5 Å². The molecular formula is C27H29NO5. The van der Waals surface area contributed by atoms with Crippen LogP contribution in [-0.4, -0.2) is 24.3 Å². The Morgan fingerprint density at radius 2 is 1.88 bits per heavy atom. The van der Waals surface area contributed by atoms with Crippen molar-refractivity contribution in [3.8, 4) is 22.8 Å². The third kappa shape index (κ3) is 4.51. The molecule has 33 heavy (non-hydrogen) atoms. The van der Waals surface area contributed by atoms with E-state index in [1.54, 1.807) is 20.2 Å². The van der Waals surface area contributed by atoms with Crippen molar-refractivity contribution in [3.63, 3.8) is 0 Å². The Bertz CT molecular complexity index is 1210. The van der Waals surface area contributed by atoms with Gasteiger partial charge in [0.15, 0.2) is 16.9 Å². The topological polar surface area (TPSA) is 66.8 Å². The molecule has 0 saturated heterocycles. The van der Waals surface area contributed by atoms with E-state index in [2.05, 4.69) is 13.8 Å². The van der Waals surface area contributed by atoms with Gasteiger partial charge in [-0.3, -0.25) is 4.79 Å². The van der Waals surface area contributed by atoms with E-state index in [1.165, 1.54) is 6.07 Å². The molecule has 2 aromatic carbocycles. The minimum atomic E-state index is -0.589. The second-order valence-electron chi connectivity index (χ2n) is 8.51. The van der Waals surface area contributed by atoms with Crippen LogP contribution in [-0.2, 0) is 17.8 Å². The Balaban J connectivity index is 1.78. The lowest BCUT2D eigenvalue weighted by molar-refractivity contribution is 0.0523. The summed E-state index contributed by atoms with van der Waals surface area (Å²) in [5.74, 6) is 0.960. The van der Waals surface area contributed by atoms with Crippen molar-refractivity contribution < 1.29 is 19.0 Å². The number of ether oxygens (including phenoxy) is 3. The van der Waals surface area contributed by atoms with E-state index in [9.17, 15) is 9.59 Å². The van der Waals surface area contributed by atoms with Crippen LogP contribution < -0.4 is 14.9 Å². The number of pyridine rings is 1. The fourth-order valence-corrected chi connectivity index (χ4v) is 4.30. The number of nitrogens with zero attached hydrogens (tertiary/aromatic N) is 1. The van der Waals surface area contributed by atoms with Gasteiger partial charge < -0.3 is 18.8 Å². The smallest absolute Gasteiger partial charge is 0.343 e. The van der Waals surface area contributed by atoms with Crippen LogP contribution in [0, 0.1) is 5.92 Å². The number of hydrogen-bond donors (Lipinski definition) is 0. The van der Waals surface area contributed by atoms with Gasteiger partial charge >= 0.3 is 5.97 Å². The SMILES string of the molecule is CCOC(=O)c1cn2c(cc1=O)-c1cc(OC)c(OCc3ccccc3)cc1CC2C(C)C. The molecule has 0 bridgehead atoms. The summed E-state index contributed by atoms with van der Waals surface area (Å²) in [5, 5.41) is 0. The summed E-state index contributed by atoms with van der Waals surface area (Å²) in [7, 11) is 1.60. The second-order valence-corrected chi connectivity index (χ2v) is 8.51. The van der Waals surface area contributed by atoms with E-state index in [1.807, 2.05) is 47.0 Å². The number of esters is 1. The van der Waals surface area contributed by atoms with Crippen LogP contribution in [0.15, 0.2) is 59.5 Å². The van der Waals surface area contributed by atoms with Gasteiger partial charge in [0, 0.05) is 23.9 Å². The van der Waals surface area contributed by atoms with Gasteiger partial charge in [-0.25, -0.2) is 4.79 Å². The first-order valence-corrected chi connectivity index (χ1v) is 11.2. The number of carbonyl (C=O) groups excluding carboxylic acids is 1. The van der Waals surface area contributed by atoms with Crippen LogP contribution in [0.3, 0.4) is 0 Å². The average molecular weight is 448 g/mol. The van der Waals surface area contributed by atoms with E-state index < -0.39 is 5.97 Å². The quantitative estimate of drug-likeness (QED) is 0.475. The predicted molar refractivity (Wildman–Crippen MR) is 127 cm³/mol. The molecule has 4 rings (SSSR count). The molecule has 172 valence electrons. The summed E-state index contributed by atoms with van der Waals surface area (Å²) < 4.78 is 18.9. The molecule has 1 aromatic heterocycles. The average Bonchev–Trinajstić information content (AvgIpc) is 2.81. The third-order valence-electron chi connectivity index (χ3n) is 6.03. The largest absolute Gasteiger partial charge is 0.493 e. The van der Waals surface area contributed by atoms with Crippen LogP contribution >= 0.6 is 0 Å². The fraction of sp³-hybridized carbons (Fsp3) is 0.333. The first-order chi connectivity index (χ1) is 15.9. The molecule has 2 heterocycles. The lowest BCUT2D eigenvalue weighted by atomic mass is 9.87. The molecule has 0 N–H and O–H groups in total. The van der Waals surface area contributed by atoms with Gasteiger partial charge in [0.05, 0.1) is 19.4 Å². The van der Waals surface area contributed by atoms with Crippen molar-refractivity contribution in [3.05, 3.63) is 81.6 Å². The second kappa shape index (κ2) is 9.53. The van der Waals surface area contributed by atoms with Crippen LogP contribution in [0.25, 0.3) is 11.3 Å². The highest BCUT2D eigenvalue weighted by atomic mass is 16.5. The maximum Gasteiger partial charge on any atom is 0.343 e. The van der Waals surface area contributed by atoms with Gasteiger partial charge in [0.2, 0.25) is 0 Å². The maximum atomic E-state index is 12.8. The maximum absolute atomic E-state index is 12.8. The van der Waals surface area contributed by atoms with E-state index in [0.29, 0.717) is 18.1 Å². The van der Waals surface area contributed by atoms with Gasteiger partial charge in [-0.15, -0.1) is 0 Å². The summed E-state index contributed by atoms with van der Waals surface area (Å²) in [6.07, 6.45) is 2.40. The van der Waals surface area contributed by atoms with E-state index in [0.717, 1.165) is 28.8 Å². The lowest BCUT2D eigenvalue weighted by Gasteiger charge is -2.34. The molecule has 1 aliphatic heterocycles. The zero-order valence-electron chi connectivity index (χ0n) is 19.5. The Morgan fingerprint density at radius 1 is 1.12 bits per heavy atom. The van der Waals surface area contributed by atoms with Gasteiger partial charge in [-0.2, -0.15) is 0 Å². The Hall–Kier alpha value is -3.54. The molecule has 0 spiro atoms. The monoisotopic (exact) mass is 447 g/mol. The molecule has 0 amide bonds. The molecule has 0 radical (unpaired) electrons. The van der Waals surface area contributed by atoms with Crippen molar-refractivity contribution in [1.82, 2.24) is 4.57 Å². The molecule has 6 heteroatoms. The summed E-state index contributed by atoms with van der Waals surface area (Å²) in [4.78, 5) is 25.1. The number of rotatable bonds is 7. The first-order valence-electron chi connectivity index (χ1n) is 11.2. The van der Waals surface area contributed by atoms with Gasteiger partial charge in [-0.1, -0.05) is 44.2 Å². The highest BCUT2D eigenvalue weighted by Crippen LogP contribution is 2.42. The summed E-state index contributed by atoms with van der Waals surface area (Å²) >= 11 is 0. The van der Waals surface area contributed by atoms with Crippen molar-refractivity contribution in [1.29, 1.82) is 0 Å². The number of methoxy groups -OCH3 is 1. The molecular weight excluding hydrogens is 418 g/mol. The molecule has 1 aliphatic rings. The summed E-state index contributed by atoms with van der Waals surface area (Å²) in [6, 6.07) is 15.5. The minimum absolute atomic E-state index is 0.0597. The molecule has 1 atom stereocenters. The molecule has 0 aliphatic carbocycles. The van der Waals surface area contributed by atoms with Crippen LogP contribution in [0.2, 0.25) is 0 Å². The van der Waals surface area contributed by atoms with Crippen LogP contribution in [0.5, 0.6) is 11.5 Å². The zero-order chi connectivity index (χ0) is 23.5. The Morgan fingerprint density at radius 3 is 2.55 bits per heavy atom. The van der Waals surface area contributed by atoms with E-state index >= 15 is 0 Å². The van der Waals surface area contributed by atoms with Crippen molar-refractivity contribution in [2.45, 2.75) is 39.8 Å². The van der Waals surface area contributed by atoms with E-state index in [4.69, 9.17) is 14.2 Å². The summed E-state index contributed by atoms with van der Waals surface area (Å²) in [5.41, 5.74) is 3.54. The normalized spacial score (nSPS) is 14.4. The van der Waals surface area contributed by atoms with Crippen LogP contribution in [0.4, 0.5) is 0 Å². The highest BCUT2D eigenvalue weighted by Gasteiger charge is 2.29. The summed E-state index contributed by atoms with van der Waals surface area (Å²) in [6.45, 7) is 6.66. The van der Waals surface area contributed by atoms with Gasteiger partial charge in [0.25, 0.3) is 0 Å². The predicted octanol–water partition coefficient (Wildman–Crippen LogP) is 5.03. The molecule has 3 aromatic rings. The number of aromatic nitrogens is 1. The Kier molecular flexibility index (Phi) is 6.54. The Labute approximate surface area is 193 Å². The lowest BCUT2D eigenvalue weighted by Crippen LogP contribution is -2.28. The molecule has 6 nitrogen and oxygen atoms in total. The number of fused-ring (bicyclic) bond motifs is 3. The molecule has 0 fully saturated rings. The minimum Gasteiger partial charge on any atom is -0.493 e. The number of carbonyl (C=O) groups is 1. The number of benzene rings is 2. The molecule has 1 unspecified atom stereocenters. The van der Waals surface area contributed by atoms with Gasteiger partial charge in [0.1, 0.15) is 12.2 Å². The fourth-order valence-electron chi connectivity index (χ4n) is 4.30. The highest BCUT2D eigenvalue weighted by molar-refractivity contribution is 5.89. The third-order valence-corrected chi connectivity index (χ3v) is 6.03. The first kappa shape index (κ1) is 22.6. The standard InChI is InChI=1S/C27H29NO5/c1-5-32-27(30)21-15-28-22(17(2)3)11-19-12-26(33-16-18-9-7-6-8-10-18)25(31-4)13-20(19)23(28)14-24(21)29/h6-10,12-15,17,22H,5,11,16H2,1-4H3. The van der Waals surface area contributed by atoms with E-state index in [-0.39, 0.29) is 29.6 Å². The van der Waals surface area contributed by atoms with Crippen molar-refractivity contribution >= 4 is 5.97 Å². The zero-order valence-corrected chi connectivity index (χ0v) is 19.5. The van der Waals surface area contributed by atoms with Crippen molar-refractivity contribution in [2.24, 2.45) is 5.92 Å². The van der Waals surface area contributed by atoms with Crippen molar-refractivity contribution in [2.75, 3.05) is 13.7 Å². The van der Waals surface area contributed by atoms with Crippen LogP contribution in [0.1, 0.15) is 48.3 Å².